The van der Waals surface area contributed by atoms with Crippen LogP contribution in [0.2, 0.25) is 0 Å². The van der Waals surface area contributed by atoms with Gasteiger partial charge in [-0.3, -0.25) is 9.59 Å². The first-order valence-corrected chi connectivity index (χ1v) is 6.67. The van der Waals surface area contributed by atoms with Crippen molar-refractivity contribution in [3.63, 3.8) is 0 Å². The second-order valence-corrected chi connectivity index (χ2v) is 4.41. The molecule has 0 spiro atoms. The van der Waals surface area contributed by atoms with Crippen molar-refractivity contribution in [3.8, 4) is 5.75 Å². The lowest BCUT2D eigenvalue weighted by atomic mass is 10.1. The number of hydrogen-bond acceptors (Lipinski definition) is 4. The van der Waals surface area contributed by atoms with Gasteiger partial charge in [-0.05, 0) is 18.6 Å². The van der Waals surface area contributed by atoms with Crippen molar-refractivity contribution in [3.05, 3.63) is 29.8 Å². The van der Waals surface area contributed by atoms with E-state index in [1.54, 1.807) is 31.4 Å². The molecular weight excluding hydrogens is 258 g/mol. The zero-order valence-corrected chi connectivity index (χ0v) is 12.1. The lowest BCUT2D eigenvalue weighted by Gasteiger charge is -2.17. The Bertz CT molecular complexity index is 442. The Morgan fingerprint density at radius 3 is 2.40 bits per heavy atom. The van der Waals surface area contributed by atoms with Gasteiger partial charge in [0.1, 0.15) is 5.75 Å². The second kappa shape index (κ2) is 8.19. The van der Waals surface area contributed by atoms with Gasteiger partial charge in [0, 0.05) is 19.0 Å². The SMILES string of the molecule is CCCCNC(=O)C(OC(C)=O)c1ccc(OC)cc1. The van der Waals surface area contributed by atoms with E-state index in [1.165, 1.54) is 6.92 Å². The average molecular weight is 279 g/mol. The van der Waals surface area contributed by atoms with Crippen molar-refractivity contribution in [2.75, 3.05) is 13.7 Å². The Morgan fingerprint density at radius 2 is 1.90 bits per heavy atom. The fourth-order valence-corrected chi connectivity index (χ4v) is 1.70. The van der Waals surface area contributed by atoms with Crippen LogP contribution < -0.4 is 10.1 Å². The van der Waals surface area contributed by atoms with E-state index in [1.807, 2.05) is 6.92 Å². The molecule has 110 valence electrons. The summed E-state index contributed by atoms with van der Waals surface area (Å²) in [6.45, 7) is 3.90. The van der Waals surface area contributed by atoms with E-state index in [0.717, 1.165) is 12.8 Å². The predicted octanol–water partition coefficient (Wildman–Crippen LogP) is 2.22. The Hall–Kier alpha value is -2.04. The van der Waals surface area contributed by atoms with Crippen molar-refractivity contribution in [2.45, 2.75) is 32.8 Å². The minimum absolute atomic E-state index is 0.307. The summed E-state index contributed by atoms with van der Waals surface area (Å²) in [7, 11) is 1.57. The van der Waals surface area contributed by atoms with E-state index in [4.69, 9.17) is 9.47 Å². The molecular formula is C15H21NO4. The molecule has 1 rings (SSSR count). The maximum atomic E-state index is 12.1. The van der Waals surface area contributed by atoms with E-state index >= 15 is 0 Å². The van der Waals surface area contributed by atoms with Gasteiger partial charge in [0.25, 0.3) is 5.91 Å². The first kappa shape index (κ1) is 16.0. The average Bonchev–Trinajstić information content (AvgIpc) is 2.45. The molecule has 1 amide bonds. The minimum atomic E-state index is -0.921. The third-order valence-corrected chi connectivity index (χ3v) is 2.77. The number of carbonyl (C=O) groups is 2. The van der Waals surface area contributed by atoms with Crippen molar-refractivity contribution in [1.82, 2.24) is 5.32 Å². The van der Waals surface area contributed by atoms with Gasteiger partial charge < -0.3 is 14.8 Å². The maximum Gasteiger partial charge on any atom is 0.303 e. The summed E-state index contributed by atoms with van der Waals surface area (Å²) < 4.78 is 10.2. The molecule has 5 heteroatoms. The van der Waals surface area contributed by atoms with Crippen LogP contribution in [0.4, 0.5) is 0 Å². The van der Waals surface area contributed by atoms with E-state index in [2.05, 4.69) is 5.32 Å². The molecule has 0 radical (unpaired) electrons. The highest BCUT2D eigenvalue weighted by molar-refractivity contribution is 5.84. The molecule has 0 fully saturated rings. The highest BCUT2D eigenvalue weighted by atomic mass is 16.5. The summed E-state index contributed by atoms with van der Waals surface area (Å²) in [6, 6.07) is 6.88. The number of hydrogen-bond donors (Lipinski definition) is 1. The van der Waals surface area contributed by atoms with Crippen LogP contribution in [0.3, 0.4) is 0 Å². The van der Waals surface area contributed by atoms with Gasteiger partial charge in [0.2, 0.25) is 6.10 Å². The molecule has 0 aliphatic carbocycles. The number of unbranched alkanes of at least 4 members (excludes halogenated alkanes) is 1. The van der Waals surface area contributed by atoms with E-state index < -0.39 is 12.1 Å². The van der Waals surface area contributed by atoms with Gasteiger partial charge in [-0.15, -0.1) is 0 Å². The fraction of sp³-hybridized carbons (Fsp3) is 0.467. The third kappa shape index (κ3) is 4.91. The molecule has 5 nitrogen and oxygen atoms in total. The smallest absolute Gasteiger partial charge is 0.303 e. The maximum absolute atomic E-state index is 12.1. The van der Waals surface area contributed by atoms with E-state index in [9.17, 15) is 9.59 Å². The van der Waals surface area contributed by atoms with Gasteiger partial charge in [0.05, 0.1) is 7.11 Å². The summed E-state index contributed by atoms with van der Waals surface area (Å²) in [5.74, 6) is -0.114. The minimum Gasteiger partial charge on any atom is -0.497 e. The van der Waals surface area contributed by atoms with Crippen molar-refractivity contribution in [1.29, 1.82) is 0 Å². The fourth-order valence-electron chi connectivity index (χ4n) is 1.70. The topological polar surface area (TPSA) is 64.6 Å². The number of nitrogens with one attached hydrogen (secondary N) is 1. The predicted molar refractivity (Wildman–Crippen MR) is 75.4 cm³/mol. The van der Waals surface area contributed by atoms with Crippen LogP contribution >= 0.6 is 0 Å². The van der Waals surface area contributed by atoms with Crippen molar-refractivity contribution >= 4 is 11.9 Å². The molecule has 0 aliphatic rings. The van der Waals surface area contributed by atoms with Gasteiger partial charge in [0.15, 0.2) is 0 Å². The number of methoxy groups -OCH3 is 1. The number of esters is 1. The summed E-state index contributed by atoms with van der Waals surface area (Å²) in [5.41, 5.74) is 0.620. The van der Waals surface area contributed by atoms with Gasteiger partial charge in [-0.2, -0.15) is 0 Å². The molecule has 1 aromatic carbocycles. The molecule has 0 saturated carbocycles. The summed E-state index contributed by atoms with van der Waals surface area (Å²) >= 11 is 0. The number of rotatable bonds is 7. The Balaban J connectivity index is 2.81. The van der Waals surface area contributed by atoms with Gasteiger partial charge in [-0.25, -0.2) is 0 Å². The molecule has 1 atom stereocenters. The summed E-state index contributed by atoms with van der Waals surface area (Å²) in [5, 5.41) is 2.77. The molecule has 0 bridgehead atoms. The monoisotopic (exact) mass is 279 g/mol. The highest BCUT2D eigenvalue weighted by Crippen LogP contribution is 2.21. The molecule has 1 aromatic rings. The zero-order chi connectivity index (χ0) is 15.0. The summed E-state index contributed by atoms with van der Waals surface area (Å²) in [4.78, 5) is 23.2. The lowest BCUT2D eigenvalue weighted by Crippen LogP contribution is -2.32. The molecule has 20 heavy (non-hydrogen) atoms. The van der Waals surface area contributed by atoms with Crippen LogP contribution in [0.1, 0.15) is 38.4 Å². The van der Waals surface area contributed by atoms with Crippen LogP contribution in [0.15, 0.2) is 24.3 Å². The van der Waals surface area contributed by atoms with Crippen LogP contribution in [0.25, 0.3) is 0 Å². The van der Waals surface area contributed by atoms with Crippen molar-refractivity contribution in [2.24, 2.45) is 0 Å². The van der Waals surface area contributed by atoms with Crippen LogP contribution in [0, 0.1) is 0 Å². The van der Waals surface area contributed by atoms with Crippen LogP contribution in [-0.2, 0) is 14.3 Å². The second-order valence-electron chi connectivity index (χ2n) is 4.41. The number of amides is 1. The number of benzene rings is 1. The van der Waals surface area contributed by atoms with E-state index in [-0.39, 0.29) is 5.91 Å². The van der Waals surface area contributed by atoms with Crippen LogP contribution in [-0.4, -0.2) is 25.5 Å². The molecule has 1 unspecified atom stereocenters. The van der Waals surface area contributed by atoms with Crippen LogP contribution in [0.5, 0.6) is 5.75 Å². The molecule has 0 aliphatic heterocycles. The standard InChI is InChI=1S/C15H21NO4/c1-4-5-10-16-15(18)14(20-11(2)17)12-6-8-13(19-3)9-7-12/h6-9,14H,4-5,10H2,1-3H3,(H,16,18). The number of ether oxygens (including phenoxy) is 2. The first-order chi connectivity index (χ1) is 9.58. The Labute approximate surface area is 119 Å². The first-order valence-electron chi connectivity index (χ1n) is 6.67. The molecule has 1 N–H and O–H groups in total. The lowest BCUT2D eigenvalue weighted by molar-refractivity contribution is -0.154. The largest absolute Gasteiger partial charge is 0.497 e. The van der Waals surface area contributed by atoms with Crippen molar-refractivity contribution < 1.29 is 19.1 Å². The normalized spacial score (nSPS) is 11.6. The molecule has 0 saturated heterocycles. The Morgan fingerprint density at radius 1 is 1.25 bits per heavy atom. The third-order valence-electron chi connectivity index (χ3n) is 2.77. The quantitative estimate of drug-likeness (QED) is 0.614. The molecule has 0 aromatic heterocycles. The van der Waals surface area contributed by atoms with Gasteiger partial charge >= 0.3 is 5.97 Å². The Kier molecular flexibility index (Phi) is 6.56. The zero-order valence-electron chi connectivity index (χ0n) is 12.1. The highest BCUT2D eigenvalue weighted by Gasteiger charge is 2.23. The van der Waals surface area contributed by atoms with Gasteiger partial charge in [-0.1, -0.05) is 25.5 Å². The van der Waals surface area contributed by atoms with E-state index in [0.29, 0.717) is 17.9 Å². The number of carbonyl (C=O) groups excluding carboxylic acids is 2. The summed E-state index contributed by atoms with van der Waals surface area (Å²) in [6.07, 6.45) is 0.956. The molecule has 0 heterocycles.